The van der Waals surface area contributed by atoms with Crippen LogP contribution in [0.5, 0.6) is 11.5 Å². The number of methoxy groups -OCH3 is 2. The van der Waals surface area contributed by atoms with Gasteiger partial charge in [0, 0.05) is 25.1 Å². The summed E-state index contributed by atoms with van der Waals surface area (Å²) in [7, 11) is 3.14. The van der Waals surface area contributed by atoms with Crippen LogP contribution in [0.15, 0.2) is 48.5 Å². The summed E-state index contributed by atoms with van der Waals surface area (Å²) in [6.07, 6.45) is -0.344. The third-order valence-corrected chi connectivity index (χ3v) is 4.96. The van der Waals surface area contributed by atoms with E-state index in [-0.39, 0.29) is 12.3 Å². The number of aryl methyl sites for hydroxylation is 1. The standard InChI is InChI=1S/C23H27NO6/c1-27-19-10-8-17(16-20(19)28-2)9-11-21(25)30-22(18-6-4-3-5-7-18)23(26)24-12-14-29-15-13-24/h3-8,10,16,22H,9,11-15H2,1-2H3/t22-/m0/s1. The third-order valence-electron chi connectivity index (χ3n) is 4.96. The number of carbonyl (C=O) groups excluding carboxylic acids is 2. The second kappa shape index (κ2) is 10.6. The van der Waals surface area contributed by atoms with Gasteiger partial charge in [-0.2, -0.15) is 0 Å². The van der Waals surface area contributed by atoms with Gasteiger partial charge >= 0.3 is 5.97 Å². The summed E-state index contributed by atoms with van der Waals surface area (Å²) >= 11 is 0. The van der Waals surface area contributed by atoms with Gasteiger partial charge in [-0.25, -0.2) is 0 Å². The first kappa shape index (κ1) is 21.6. The lowest BCUT2D eigenvalue weighted by Crippen LogP contribution is -2.44. The summed E-state index contributed by atoms with van der Waals surface area (Å²) in [6.45, 7) is 1.96. The Labute approximate surface area is 176 Å². The van der Waals surface area contributed by atoms with Crippen LogP contribution < -0.4 is 9.47 Å². The van der Waals surface area contributed by atoms with Gasteiger partial charge in [0.2, 0.25) is 6.10 Å². The summed E-state index contributed by atoms with van der Waals surface area (Å²) in [5.41, 5.74) is 1.58. The highest BCUT2D eigenvalue weighted by atomic mass is 16.5. The predicted molar refractivity (Wildman–Crippen MR) is 111 cm³/mol. The van der Waals surface area contributed by atoms with Gasteiger partial charge in [-0.15, -0.1) is 0 Å². The van der Waals surface area contributed by atoms with Crippen LogP contribution in [-0.4, -0.2) is 57.3 Å². The molecule has 1 atom stereocenters. The third kappa shape index (κ3) is 5.51. The molecule has 30 heavy (non-hydrogen) atoms. The fourth-order valence-electron chi connectivity index (χ4n) is 3.31. The van der Waals surface area contributed by atoms with Gasteiger partial charge in [0.25, 0.3) is 5.91 Å². The Bertz CT molecular complexity index is 848. The molecule has 0 spiro atoms. The number of amides is 1. The summed E-state index contributed by atoms with van der Waals surface area (Å²) < 4.78 is 21.5. The van der Waals surface area contributed by atoms with Crippen molar-refractivity contribution < 1.29 is 28.5 Å². The largest absolute Gasteiger partial charge is 0.493 e. The molecule has 1 aliphatic rings. The molecule has 3 rings (SSSR count). The monoisotopic (exact) mass is 413 g/mol. The maximum atomic E-state index is 13.0. The predicted octanol–water partition coefficient (Wildman–Crippen LogP) is 2.78. The number of ether oxygens (including phenoxy) is 4. The fourth-order valence-corrected chi connectivity index (χ4v) is 3.31. The second-order valence-corrected chi connectivity index (χ2v) is 6.91. The lowest BCUT2D eigenvalue weighted by molar-refractivity contribution is -0.162. The van der Waals surface area contributed by atoms with Crippen molar-refractivity contribution in [2.75, 3.05) is 40.5 Å². The Balaban J connectivity index is 1.66. The molecule has 160 valence electrons. The minimum Gasteiger partial charge on any atom is -0.493 e. The highest BCUT2D eigenvalue weighted by Crippen LogP contribution is 2.28. The summed E-state index contributed by atoms with van der Waals surface area (Å²) in [5, 5.41) is 0. The van der Waals surface area contributed by atoms with Gasteiger partial charge in [-0.05, 0) is 24.1 Å². The molecule has 1 heterocycles. The summed E-state index contributed by atoms with van der Waals surface area (Å²) in [4.78, 5) is 27.3. The zero-order valence-corrected chi connectivity index (χ0v) is 17.3. The Morgan fingerprint density at radius 3 is 2.37 bits per heavy atom. The first-order chi connectivity index (χ1) is 14.6. The van der Waals surface area contributed by atoms with Gasteiger partial charge in [-0.3, -0.25) is 9.59 Å². The lowest BCUT2D eigenvalue weighted by atomic mass is 10.1. The van der Waals surface area contributed by atoms with Crippen molar-refractivity contribution in [1.29, 1.82) is 0 Å². The van der Waals surface area contributed by atoms with Gasteiger partial charge in [0.15, 0.2) is 11.5 Å². The maximum absolute atomic E-state index is 13.0. The van der Waals surface area contributed by atoms with Crippen LogP contribution in [0.2, 0.25) is 0 Å². The topological polar surface area (TPSA) is 74.3 Å². The van der Waals surface area contributed by atoms with Crippen molar-refractivity contribution in [2.45, 2.75) is 18.9 Å². The Kier molecular flexibility index (Phi) is 7.68. The van der Waals surface area contributed by atoms with E-state index >= 15 is 0 Å². The average Bonchev–Trinajstić information content (AvgIpc) is 2.81. The Hall–Kier alpha value is -3.06. The normalized spacial score (nSPS) is 14.7. The maximum Gasteiger partial charge on any atom is 0.307 e. The number of benzene rings is 2. The number of esters is 1. The number of hydrogen-bond donors (Lipinski definition) is 0. The summed E-state index contributed by atoms with van der Waals surface area (Å²) in [6, 6.07) is 14.6. The molecule has 2 aromatic rings. The molecule has 0 bridgehead atoms. The quantitative estimate of drug-likeness (QED) is 0.620. The SMILES string of the molecule is COc1ccc(CCC(=O)O[C@H](C(=O)N2CCOCC2)c2ccccc2)cc1OC. The average molecular weight is 413 g/mol. The van der Waals surface area contributed by atoms with Crippen LogP contribution in [0.1, 0.15) is 23.7 Å². The molecule has 0 N–H and O–H groups in total. The van der Waals surface area contributed by atoms with Crippen LogP contribution in [0.4, 0.5) is 0 Å². The van der Waals surface area contributed by atoms with Crippen molar-refractivity contribution in [3.8, 4) is 11.5 Å². The summed E-state index contributed by atoms with van der Waals surface area (Å²) in [5.74, 6) is 0.585. The van der Waals surface area contributed by atoms with Crippen molar-refractivity contribution >= 4 is 11.9 Å². The molecule has 0 aromatic heterocycles. The molecule has 1 fully saturated rings. The van der Waals surface area contributed by atoms with E-state index in [1.807, 2.05) is 30.3 Å². The smallest absolute Gasteiger partial charge is 0.307 e. The molecule has 0 saturated carbocycles. The number of morpholine rings is 1. The first-order valence-electron chi connectivity index (χ1n) is 9.94. The molecule has 7 nitrogen and oxygen atoms in total. The van der Waals surface area contributed by atoms with E-state index in [1.54, 1.807) is 37.3 Å². The van der Waals surface area contributed by atoms with E-state index in [1.165, 1.54) is 0 Å². The minimum absolute atomic E-state index is 0.148. The van der Waals surface area contributed by atoms with Crippen LogP contribution in [0.3, 0.4) is 0 Å². The van der Waals surface area contributed by atoms with Crippen molar-refractivity contribution in [1.82, 2.24) is 4.90 Å². The van der Waals surface area contributed by atoms with E-state index in [2.05, 4.69) is 0 Å². The molecule has 0 aliphatic carbocycles. The fraction of sp³-hybridized carbons (Fsp3) is 0.391. The minimum atomic E-state index is -0.956. The van der Waals surface area contributed by atoms with Gasteiger partial charge in [0.05, 0.1) is 27.4 Å². The number of hydrogen-bond acceptors (Lipinski definition) is 6. The van der Waals surface area contributed by atoms with Crippen LogP contribution >= 0.6 is 0 Å². The van der Waals surface area contributed by atoms with E-state index in [4.69, 9.17) is 18.9 Å². The Morgan fingerprint density at radius 2 is 1.70 bits per heavy atom. The van der Waals surface area contributed by atoms with E-state index in [0.717, 1.165) is 5.56 Å². The molecule has 7 heteroatoms. The molecular formula is C23H27NO6. The van der Waals surface area contributed by atoms with E-state index in [0.29, 0.717) is 49.8 Å². The van der Waals surface area contributed by atoms with Gasteiger partial charge < -0.3 is 23.8 Å². The number of rotatable bonds is 8. The zero-order valence-electron chi connectivity index (χ0n) is 17.3. The molecule has 0 unspecified atom stereocenters. The van der Waals surface area contributed by atoms with Crippen molar-refractivity contribution in [3.63, 3.8) is 0 Å². The second-order valence-electron chi connectivity index (χ2n) is 6.91. The van der Waals surface area contributed by atoms with Crippen LogP contribution in [-0.2, 0) is 25.5 Å². The Morgan fingerprint density at radius 1 is 1.00 bits per heavy atom. The van der Waals surface area contributed by atoms with Gasteiger partial charge in [0.1, 0.15) is 0 Å². The van der Waals surface area contributed by atoms with Crippen LogP contribution in [0, 0.1) is 0 Å². The van der Waals surface area contributed by atoms with Crippen LogP contribution in [0.25, 0.3) is 0 Å². The molecule has 0 radical (unpaired) electrons. The van der Waals surface area contributed by atoms with Gasteiger partial charge in [-0.1, -0.05) is 36.4 Å². The molecule has 1 saturated heterocycles. The molecule has 2 aromatic carbocycles. The highest BCUT2D eigenvalue weighted by molar-refractivity contribution is 5.85. The number of carbonyl (C=O) groups is 2. The first-order valence-corrected chi connectivity index (χ1v) is 9.94. The molecule has 1 amide bonds. The van der Waals surface area contributed by atoms with E-state index in [9.17, 15) is 9.59 Å². The van der Waals surface area contributed by atoms with E-state index < -0.39 is 12.1 Å². The molecule has 1 aliphatic heterocycles. The van der Waals surface area contributed by atoms with Crippen molar-refractivity contribution in [3.05, 3.63) is 59.7 Å². The zero-order chi connectivity index (χ0) is 21.3. The number of nitrogens with zero attached hydrogens (tertiary/aromatic N) is 1. The molecular weight excluding hydrogens is 386 g/mol. The highest BCUT2D eigenvalue weighted by Gasteiger charge is 2.30. The van der Waals surface area contributed by atoms with Crippen molar-refractivity contribution in [2.24, 2.45) is 0 Å². The lowest BCUT2D eigenvalue weighted by Gasteiger charge is -2.30.